The Labute approximate surface area is 126 Å². The van der Waals surface area contributed by atoms with E-state index in [4.69, 9.17) is 4.74 Å². The Balaban J connectivity index is 2.72. The van der Waals surface area contributed by atoms with Crippen molar-refractivity contribution in [2.24, 2.45) is 0 Å². The Morgan fingerprint density at radius 3 is 2.43 bits per heavy atom. The number of methoxy groups -OCH3 is 1. The van der Waals surface area contributed by atoms with Crippen LogP contribution >= 0.6 is 0 Å². The quantitative estimate of drug-likeness (QED) is 0.724. The van der Waals surface area contributed by atoms with Crippen LogP contribution in [0, 0.1) is 6.92 Å². The van der Waals surface area contributed by atoms with E-state index < -0.39 is 10.0 Å². The van der Waals surface area contributed by atoms with E-state index in [0.29, 0.717) is 25.3 Å². The minimum Gasteiger partial charge on any atom is -0.385 e. The average molecular weight is 314 g/mol. The molecular formula is C14H22N2O4S. The second-order valence-electron chi connectivity index (χ2n) is 4.80. The molecule has 0 radical (unpaired) electrons. The van der Waals surface area contributed by atoms with Gasteiger partial charge < -0.3 is 10.1 Å². The van der Waals surface area contributed by atoms with Crippen LogP contribution in [0.2, 0.25) is 0 Å². The van der Waals surface area contributed by atoms with Crippen LogP contribution < -0.4 is 9.62 Å². The first kappa shape index (κ1) is 17.5. The van der Waals surface area contributed by atoms with Crippen LogP contribution in [-0.4, -0.2) is 47.4 Å². The molecular weight excluding hydrogens is 292 g/mol. The summed E-state index contributed by atoms with van der Waals surface area (Å²) in [7, 11) is -1.93. The third-order valence-electron chi connectivity index (χ3n) is 2.86. The summed E-state index contributed by atoms with van der Waals surface area (Å²) in [6.07, 6.45) is 1.77. The van der Waals surface area contributed by atoms with Gasteiger partial charge >= 0.3 is 0 Å². The number of benzene rings is 1. The van der Waals surface area contributed by atoms with Crippen molar-refractivity contribution < 1.29 is 17.9 Å². The monoisotopic (exact) mass is 314 g/mol. The average Bonchev–Trinajstić information content (AvgIpc) is 2.41. The third kappa shape index (κ3) is 6.14. The number of nitrogens with one attached hydrogen (secondary N) is 1. The Kier molecular flexibility index (Phi) is 6.64. The Hall–Kier alpha value is -1.60. The molecule has 0 heterocycles. The molecule has 1 rings (SSSR count). The zero-order valence-corrected chi connectivity index (χ0v) is 13.4. The summed E-state index contributed by atoms with van der Waals surface area (Å²) < 4.78 is 29.7. The van der Waals surface area contributed by atoms with E-state index in [0.717, 1.165) is 16.1 Å². The van der Waals surface area contributed by atoms with E-state index >= 15 is 0 Å². The van der Waals surface area contributed by atoms with Gasteiger partial charge in [0, 0.05) is 20.3 Å². The molecule has 6 nitrogen and oxygen atoms in total. The van der Waals surface area contributed by atoms with Gasteiger partial charge in [-0.25, -0.2) is 8.42 Å². The minimum absolute atomic E-state index is 0.227. The lowest BCUT2D eigenvalue weighted by Gasteiger charge is -2.22. The molecule has 0 aliphatic carbocycles. The molecule has 21 heavy (non-hydrogen) atoms. The normalized spacial score (nSPS) is 11.2. The molecule has 0 atom stereocenters. The Bertz CT molecular complexity index is 555. The number of aryl methyl sites for hydroxylation is 1. The summed E-state index contributed by atoms with van der Waals surface area (Å²) >= 11 is 0. The van der Waals surface area contributed by atoms with Crippen molar-refractivity contribution in [3.05, 3.63) is 29.8 Å². The molecule has 0 spiro atoms. The van der Waals surface area contributed by atoms with Gasteiger partial charge in [-0.2, -0.15) is 0 Å². The predicted octanol–water partition coefficient (Wildman–Crippen LogP) is 0.914. The molecule has 0 bridgehead atoms. The number of carbonyl (C=O) groups is 1. The van der Waals surface area contributed by atoms with Gasteiger partial charge in [0.2, 0.25) is 15.9 Å². The lowest BCUT2D eigenvalue weighted by atomic mass is 10.2. The van der Waals surface area contributed by atoms with Crippen molar-refractivity contribution >= 4 is 21.6 Å². The standard InChI is InChI=1S/C14H22N2O4S/c1-12-5-7-13(8-6-12)16(21(3,18)19)11-14(17)15-9-4-10-20-2/h5-8H,4,9-11H2,1-3H3,(H,15,17). The molecule has 0 saturated carbocycles. The molecule has 1 aromatic rings. The Morgan fingerprint density at radius 2 is 1.90 bits per heavy atom. The van der Waals surface area contributed by atoms with E-state index in [1.165, 1.54) is 0 Å². The van der Waals surface area contributed by atoms with E-state index in [-0.39, 0.29) is 12.5 Å². The molecule has 1 amide bonds. The number of sulfonamides is 1. The van der Waals surface area contributed by atoms with Gasteiger partial charge in [0.15, 0.2) is 0 Å². The van der Waals surface area contributed by atoms with Gasteiger partial charge in [-0.3, -0.25) is 9.10 Å². The van der Waals surface area contributed by atoms with Crippen LogP contribution in [0.1, 0.15) is 12.0 Å². The highest BCUT2D eigenvalue weighted by Gasteiger charge is 2.20. The molecule has 0 saturated heterocycles. The van der Waals surface area contributed by atoms with Crippen LogP contribution in [-0.2, 0) is 19.6 Å². The van der Waals surface area contributed by atoms with Crippen molar-refractivity contribution in [1.29, 1.82) is 0 Å². The van der Waals surface area contributed by atoms with Gasteiger partial charge in [0.25, 0.3) is 0 Å². The fraction of sp³-hybridized carbons (Fsp3) is 0.500. The topological polar surface area (TPSA) is 75.7 Å². The first-order chi connectivity index (χ1) is 9.84. The van der Waals surface area contributed by atoms with Crippen molar-refractivity contribution in [3.63, 3.8) is 0 Å². The highest BCUT2D eigenvalue weighted by atomic mass is 32.2. The number of nitrogens with zero attached hydrogens (tertiary/aromatic N) is 1. The number of hydrogen-bond donors (Lipinski definition) is 1. The first-order valence-electron chi connectivity index (χ1n) is 6.64. The molecule has 1 N–H and O–H groups in total. The maximum atomic E-state index is 11.9. The highest BCUT2D eigenvalue weighted by molar-refractivity contribution is 7.92. The van der Waals surface area contributed by atoms with Crippen molar-refractivity contribution in [1.82, 2.24) is 5.32 Å². The third-order valence-corrected chi connectivity index (χ3v) is 4.00. The zero-order valence-electron chi connectivity index (χ0n) is 12.6. The second-order valence-corrected chi connectivity index (χ2v) is 6.71. The molecule has 0 aromatic heterocycles. The van der Waals surface area contributed by atoms with Crippen molar-refractivity contribution in [3.8, 4) is 0 Å². The maximum absolute atomic E-state index is 11.9. The smallest absolute Gasteiger partial charge is 0.240 e. The van der Waals surface area contributed by atoms with Gasteiger partial charge in [-0.15, -0.1) is 0 Å². The fourth-order valence-corrected chi connectivity index (χ4v) is 2.60. The van der Waals surface area contributed by atoms with Gasteiger partial charge in [-0.05, 0) is 25.5 Å². The second kappa shape index (κ2) is 7.99. The highest BCUT2D eigenvalue weighted by Crippen LogP contribution is 2.17. The molecule has 1 aromatic carbocycles. The van der Waals surface area contributed by atoms with E-state index in [9.17, 15) is 13.2 Å². The molecule has 0 unspecified atom stereocenters. The van der Waals surface area contributed by atoms with Crippen molar-refractivity contribution in [2.45, 2.75) is 13.3 Å². The summed E-state index contributed by atoms with van der Waals surface area (Å²) in [5.74, 6) is -0.336. The van der Waals surface area contributed by atoms with E-state index in [1.54, 1.807) is 19.2 Å². The number of ether oxygens (including phenoxy) is 1. The lowest BCUT2D eigenvalue weighted by Crippen LogP contribution is -2.40. The van der Waals surface area contributed by atoms with Crippen LogP contribution in [0.4, 0.5) is 5.69 Å². The first-order valence-corrected chi connectivity index (χ1v) is 8.49. The van der Waals surface area contributed by atoms with Crippen LogP contribution in [0.5, 0.6) is 0 Å². The van der Waals surface area contributed by atoms with Crippen LogP contribution in [0.3, 0.4) is 0 Å². The summed E-state index contributed by atoms with van der Waals surface area (Å²) in [5.41, 5.74) is 1.51. The number of carbonyl (C=O) groups excluding carboxylic acids is 1. The number of amides is 1. The van der Waals surface area contributed by atoms with Gasteiger partial charge in [0.1, 0.15) is 6.54 Å². The van der Waals surface area contributed by atoms with Crippen molar-refractivity contribution in [2.75, 3.05) is 37.4 Å². The van der Waals surface area contributed by atoms with Gasteiger partial charge in [-0.1, -0.05) is 17.7 Å². The van der Waals surface area contributed by atoms with E-state index in [1.807, 2.05) is 19.1 Å². The SMILES string of the molecule is COCCCNC(=O)CN(c1ccc(C)cc1)S(C)(=O)=O. The summed E-state index contributed by atoms with van der Waals surface area (Å²) in [4.78, 5) is 11.8. The van der Waals surface area contributed by atoms with Crippen LogP contribution in [0.25, 0.3) is 0 Å². The Morgan fingerprint density at radius 1 is 1.29 bits per heavy atom. The molecule has 0 fully saturated rings. The number of hydrogen-bond acceptors (Lipinski definition) is 4. The molecule has 0 aliphatic heterocycles. The summed E-state index contributed by atoms with van der Waals surface area (Å²) in [6.45, 7) is 2.69. The van der Waals surface area contributed by atoms with E-state index in [2.05, 4.69) is 5.32 Å². The van der Waals surface area contributed by atoms with Gasteiger partial charge in [0.05, 0.1) is 11.9 Å². The zero-order chi connectivity index (χ0) is 15.9. The number of rotatable bonds is 8. The van der Waals surface area contributed by atoms with Crippen LogP contribution in [0.15, 0.2) is 24.3 Å². The predicted molar refractivity (Wildman–Crippen MR) is 82.9 cm³/mol. The maximum Gasteiger partial charge on any atom is 0.240 e. The lowest BCUT2D eigenvalue weighted by molar-refractivity contribution is -0.119. The molecule has 118 valence electrons. The summed E-state index contributed by atoms with van der Waals surface area (Å²) in [5, 5.41) is 2.68. The molecule has 7 heteroatoms. The molecule has 0 aliphatic rings. The minimum atomic E-state index is -3.51. The number of anilines is 1. The summed E-state index contributed by atoms with van der Waals surface area (Å²) in [6, 6.07) is 7.00. The largest absolute Gasteiger partial charge is 0.385 e. The fourth-order valence-electron chi connectivity index (χ4n) is 1.74.